The third-order valence-corrected chi connectivity index (χ3v) is 8.90. The lowest BCUT2D eigenvalue weighted by Crippen LogP contribution is -2.45. The Hall–Kier alpha value is -0.940. The molecule has 0 aliphatic rings. The van der Waals surface area contributed by atoms with Gasteiger partial charge in [0.15, 0.2) is 0 Å². The van der Waals surface area contributed by atoms with Crippen molar-refractivity contribution in [1.29, 1.82) is 0 Å². The fraction of sp³-hybridized carbons (Fsp3) is 0.933. The molecular formula is C30H59NO4. The molecule has 0 heterocycles. The average Bonchev–Trinajstić information content (AvgIpc) is 2.65. The molecular weight excluding hydrogens is 438 g/mol. The van der Waals surface area contributed by atoms with Gasteiger partial charge in [0.1, 0.15) is 5.78 Å². The predicted octanol–water partition coefficient (Wildman–Crippen LogP) is 7.17. The maximum Gasteiger partial charge on any atom is 0.222 e. The van der Waals surface area contributed by atoms with Crippen LogP contribution in [0, 0.1) is 27.6 Å². The molecule has 0 aliphatic carbocycles. The number of hydrogen-bond acceptors (Lipinski definition) is 4. The molecule has 35 heavy (non-hydrogen) atoms. The number of hydrogen-bond donors (Lipinski definition) is 0. The van der Waals surface area contributed by atoms with Gasteiger partial charge in [-0.3, -0.25) is 9.59 Å². The predicted molar refractivity (Wildman–Crippen MR) is 148 cm³/mol. The summed E-state index contributed by atoms with van der Waals surface area (Å²) in [6.07, 6.45) is 3.46. The lowest BCUT2D eigenvalue weighted by molar-refractivity contribution is -0.133. The Morgan fingerprint density at radius 2 is 1.29 bits per heavy atom. The van der Waals surface area contributed by atoms with E-state index in [0.29, 0.717) is 25.6 Å². The number of rotatable bonds is 17. The number of carbonyl (C=O) groups is 2. The van der Waals surface area contributed by atoms with Crippen LogP contribution in [0.3, 0.4) is 0 Å². The first-order valence-corrected chi connectivity index (χ1v) is 13.6. The van der Waals surface area contributed by atoms with Crippen molar-refractivity contribution in [3.63, 3.8) is 0 Å². The maximum atomic E-state index is 12.5. The summed E-state index contributed by atoms with van der Waals surface area (Å²) in [5, 5.41) is 0. The molecule has 2 unspecified atom stereocenters. The van der Waals surface area contributed by atoms with Gasteiger partial charge in [-0.05, 0) is 62.2 Å². The second kappa shape index (κ2) is 13.6. The van der Waals surface area contributed by atoms with Gasteiger partial charge in [-0.25, -0.2) is 0 Å². The van der Waals surface area contributed by atoms with E-state index in [1.165, 1.54) is 0 Å². The molecule has 0 bridgehead atoms. The van der Waals surface area contributed by atoms with Crippen LogP contribution in [0.5, 0.6) is 0 Å². The zero-order valence-electron chi connectivity index (χ0n) is 25.8. The van der Waals surface area contributed by atoms with Gasteiger partial charge in [-0.15, -0.1) is 0 Å². The Bertz CT molecular complexity index is 663. The number of nitrogens with zero attached hydrogens (tertiary/aromatic N) is 1. The Morgan fingerprint density at radius 1 is 0.771 bits per heavy atom. The standard InChI is InChI=1S/C30H59NO4/c1-22(2)19-26(33)31(14)21-29(10,11)28(8,9)20-24(4)34-17-15-23(3)35-18-16-27(6,7)30(12,13)25(5)32/h22-24H,15-21H2,1-14H3. The van der Waals surface area contributed by atoms with E-state index >= 15 is 0 Å². The van der Waals surface area contributed by atoms with Gasteiger partial charge in [0, 0.05) is 38.6 Å². The normalized spacial score (nSPS) is 15.3. The minimum absolute atomic E-state index is 0.00992. The van der Waals surface area contributed by atoms with Gasteiger partial charge in [0.25, 0.3) is 0 Å². The first-order valence-electron chi connectivity index (χ1n) is 13.6. The first kappa shape index (κ1) is 34.1. The van der Waals surface area contributed by atoms with Crippen molar-refractivity contribution in [2.24, 2.45) is 27.6 Å². The van der Waals surface area contributed by atoms with Crippen LogP contribution >= 0.6 is 0 Å². The Balaban J connectivity index is 4.56. The molecule has 0 spiro atoms. The van der Waals surface area contributed by atoms with E-state index in [0.717, 1.165) is 25.8 Å². The SMILES string of the molecule is CC(=O)C(C)(C)C(C)(C)CCOC(C)CCOC(C)CC(C)(C)C(C)(C)CN(C)C(=O)CC(C)C. The highest BCUT2D eigenvalue weighted by atomic mass is 16.5. The number of amides is 1. The number of ether oxygens (including phenoxy) is 2. The van der Waals surface area contributed by atoms with E-state index in [-0.39, 0.29) is 45.6 Å². The molecule has 208 valence electrons. The second-order valence-electron chi connectivity index (χ2n) is 13.8. The Labute approximate surface area is 218 Å². The molecule has 0 saturated heterocycles. The van der Waals surface area contributed by atoms with E-state index < -0.39 is 0 Å². The van der Waals surface area contributed by atoms with Crippen LogP contribution in [0.1, 0.15) is 116 Å². The molecule has 0 aromatic carbocycles. The topological polar surface area (TPSA) is 55.8 Å². The fourth-order valence-corrected chi connectivity index (χ4v) is 4.28. The van der Waals surface area contributed by atoms with Crippen molar-refractivity contribution in [2.45, 2.75) is 128 Å². The van der Waals surface area contributed by atoms with E-state index in [9.17, 15) is 9.59 Å². The zero-order chi connectivity index (χ0) is 27.8. The minimum Gasteiger partial charge on any atom is -0.378 e. The molecule has 0 radical (unpaired) electrons. The van der Waals surface area contributed by atoms with Crippen LogP contribution in [-0.4, -0.2) is 55.6 Å². The summed E-state index contributed by atoms with van der Waals surface area (Å²) in [6, 6.07) is 0. The number of carbonyl (C=O) groups excluding carboxylic acids is 2. The van der Waals surface area contributed by atoms with Crippen LogP contribution in [0.2, 0.25) is 0 Å². The molecule has 0 fully saturated rings. The third-order valence-electron chi connectivity index (χ3n) is 8.90. The van der Waals surface area contributed by atoms with Gasteiger partial charge in [-0.1, -0.05) is 69.2 Å². The number of Topliss-reactive ketones (excluding diaryl/α,β-unsaturated/α-hetero) is 1. The summed E-state index contributed by atoms with van der Waals surface area (Å²) in [7, 11) is 1.92. The quantitative estimate of drug-likeness (QED) is 0.214. The van der Waals surface area contributed by atoms with Crippen molar-refractivity contribution in [1.82, 2.24) is 4.90 Å². The lowest BCUT2D eigenvalue weighted by Gasteiger charge is -2.45. The number of ketones is 1. The third kappa shape index (κ3) is 10.9. The first-order chi connectivity index (χ1) is 15.7. The summed E-state index contributed by atoms with van der Waals surface area (Å²) >= 11 is 0. The lowest BCUT2D eigenvalue weighted by atomic mass is 9.64. The largest absolute Gasteiger partial charge is 0.378 e. The molecule has 5 nitrogen and oxygen atoms in total. The summed E-state index contributed by atoms with van der Waals surface area (Å²) in [5.74, 6) is 0.813. The highest BCUT2D eigenvalue weighted by Gasteiger charge is 2.41. The smallest absolute Gasteiger partial charge is 0.222 e. The maximum absolute atomic E-state index is 12.5. The van der Waals surface area contributed by atoms with Crippen molar-refractivity contribution >= 4 is 11.7 Å². The van der Waals surface area contributed by atoms with Crippen molar-refractivity contribution in [3.05, 3.63) is 0 Å². The molecule has 0 rings (SSSR count). The van der Waals surface area contributed by atoms with E-state index in [1.807, 2.05) is 25.8 Å². The van der Waals surface area contributed by atoms with Crippen LogP contribution < -0.4 is 0 Å². The highest BCUT2D eigenvalue weighted by Crippen LogP contribution is 2.43. The molecule has 2 atom stereocenters. The van der Waals surface area contributed by atoms with Gasteiger partial charge >= 0.3 is 0 Å². The summed E-state index contributed by atoms with van der Waals surface area (Å²) in [5.41, 5.74) is -0.510. The van der Waals surface area contributed by atoms with E-state index in [4.69, 9.17) is 9.47 Å². The molecule has 1 amide bonds. The second-order valence-corrected chi connectivity index (χ2v) is 13.8. The van der Waals surface area contributed by atoms with Gasteiger partial charge in [0.05, 0.1) is 12.2 Å². The molecule has 0 N–H and O–H groups in total. The summed E-state index contributed by atoms with van der Waals surface area (Å²) in [4.78, 5) is 26.4. The van der Waals surface area contributed by atoms with Crippen molar-refractivity contribution in [3.8, 4) is 0 Å². The van der Waals surface area contributed by atoms with E-state index in [2.05, 4.69) is 69.2 Å². The highest BCUT2D eigenvalue weighted by molar-refractivity contribution is 5.82. The summed E-state index contributed by atoms with van der Waals surface area (Å²) < 4.78 is 12.2. The van der Waals surface area contributed by atoms with Crippen molar-refractivity contribution < 1.29 is 19.1 Å². The molecule has 0 saturated carbocycles. The Morgan fingerprint density at radius 3 is 1.77 bits per heavy atom. The Kier molecular flexibility index (Phi) is 13.2. The molecule has 0 aromatic rings. The van der Waals surface area contributed by atoms with Gasteiger partial charge in [-0.2, -0.15) is 0 Å². The fourth-order valence-electron chi connectivity index (χ4n) is 4.28. The van der Waals surface area contributed by atoms with Crippen molar-refractivity contribution in [2.75, 3.05) is 26.8 Å². The van der Waals surface area contributed by atoms with Gasteiger partial charge in [0.2, 0.25) is 5.91 Å². The van der Waals surface area contributed by atoms with Crippen LogP contribution in [0.15, 0.2) is 0 Å². The summed E-state index contributed by atoms with van der Waals surface area (Å²) in [6.45, 7) is 29.5. The zero-order valence-corrected chi connectivity index (χ0v) is 25.8. The van der Waals surface area contributed by atoms with E-state index in [1.54, 1.807) is 6.92 Å². The molecule has 5 heteroatoms. The van der Waals surface area contributed by atoms with Gasteiger partial charge < -0.3 is 14.4 Å². The van der Waals surface area contributed by atoms with Crippen LogP contribution in [0.25, 0.3) is 0 Å². The molecule has 0 aromatic heterocycles. The molecule has 0 aliphatic heterocycles. The van der Waals surface area contributed by atoms with Crippen LogP contribution in [-0.2, 0) is 19.1 Å². The minimum atomic E-state index is -0.366. The van der Waals surface area contributed by atoms with Crippen LogP contribution in [0.4, 0.5) is 0 Å². The average molecular weight is 498 g/mol. The monoisotopic (exact) mass is 497 g/mol.